The Morgan fingerprint density at radius 1 is 1.27 bits per heavy atom. The number of carbonyl (C=O) groups is 2. The van der Waals surface area contributed by atoms with Gasteiger partial charge in [-0.3, -0.25) is 14.9 Å². The molecule has 0 aromatic carbocycles. The van der Waals surface area contributed by atoms with Crippen molar-refractivity contribution in [3.05, 3.63) is 0 Å². The molecule has 6 nitrogen and oxygen atoms in total. The van der Waals surface area contributed by atoms with Crippen molar-refractivity contribution >= 4 is 11.9 Å². The predicted octanol–water partition coefficient (Wildman–Crippen LogP) is 0.565. The van der Waals surface area contributed by atoms with E-state index in [0.717, 1.165) is 0 Å². The lowest BCUT2D eigenvalue weighted by molar-refractivity contribution is -0.158. The number of esters is 1. The molecule has 1 saturated heterocycles. The van der Waals surface area contributed by atoms with E-state index in [1.807, 2.05) is 0 Å². The van der Waals surface area contributed by atoms with Crippen molar-refractivity contribution in [2.75, 3.05) is 39.5 Å². The molecule has 1 heterocycles. The van der Waals surface area contributed by atoms with Gasteiger partial charge in [-0.15, -0.1) is 0 Å². The standard InChI is InChI=1S/C13H21F3N2O4/c1-9(2)11(17-8-13(14,15)16)12(20)22-7-10(19)18-3-5-21-6-4-18/h9,11,17H,3-8H2,1-2H3. The molecule has 0 aliphatic carbocycles. The quantitative estimate of drug-likeness (QED) is 0.723. The molecule has 1 fully saturated rings. The van der Waals surface area contributed by atoms with E-state index in [1.165, 1.54) is 4.90 Å². The first kappa shape index (κ1) is 18.7. The molecule has 0 radical (unpaired) electrons. The maximum absolute atomic E-state index is 12.2. The number of ether oxygens (including phenoxy) is 2. The van der Waals surface area contributed by atoms with Crippen LogP contribution in [0.4, 0.5) is 13.2 Å². The van der Waals surface area contributed by atoms with Crippen LogP contribution >= 0.6 is 0 Å². The number of halogens is 3. The van der Waals surface area contributed by atoms with E-state index in [2.05, 4.69) is 5.32 Å². The first-order chi connectivity index (χ1) is 10.2. The number of hydrogen-bond donors (Lipinski definition) is 1. The summed E-state index contributed by atoms with van der Waals surface area (Å²) in [5.74, 6) is -1.64. The highest BCUT2D eigenvalue weighted by Gasteiger charge is 2.32. The van der Waals surface area contributed by atoms with Gasteiger partial charge in [0.25, 0.3) is 5.91 Å². The van der Waals surface area contributed by atoms with E-state index < -0.39 is 37.3 Å². The zero-order chi connectivity index (χ0) is 16.8. The van der Waals surface area contributed by atoms with Crippen molar-refractivity contribution < 1.29 is 32.2 Å². The minimum atomic E-state index is -4.42. The molecule has 22 heavy (non-hydrogen) atoms. The van der Waals surface area contributed by atoms with Crippen LogP contribution < -0.4 is 5.32 Å². The third-order valence-corrected chi connectivity index (χ3v) is 3.14. The third kappa shape index (κ3) is 6.61. The highest BCUT2D eigenvalue weighted by Crippen LogP contribution is 2.14. The molecule has 1 rings (SSSR count). The third-order valence-electron chi connectivity index (χ3n) is 3.14. The van der Waals surface area contributed by atoms with Crippen molar-refractivity contribution in [2.45, 2.75) is 26.1 Å². The number of carbonyl (C=O) groups excluding carboxylic acids is 2. The van der Waals surface area contributed by atoms with E-state index in [-0.39, 0.29) is 5.91 Å². The van der Waals surface area contributed by atoms with Crippen LogP contribution in [-0.4, -0.2) is 68.4 Å². The number of nitrogens with zero attached hydrogens (tertiary/aromatic N) is 1. The Balaban J connectivity index is 2.44. The lowest BCUT2D eigenvalue weighted by Crippen LogP contribution is -2.47. The van der Waals surface area contributed by atoms with E-state index in [0.29, 0.717) is 26.3 Å². The fraction of sp³-hybridized carbons (Fsp3) is 0.846. The molecule has 0 bridgehead atoms. The highest BCUT2D eigenvalue weighted by molar-refractivity contribution is 5.82. The Labute approximate surface area is 126 Å². The van der Waals surface area contributed by atoms with Crippen molar-refractivity contribution in [2.24, 2.45) is 5.92 Å². The summed E-state index contributed by atoms with van der Waals surface area (Å²) in [5, 5.41) is 2.12. The second kappa shape index (κ2) is 8.33. The molecule has 0 aromatic rings. The summed E-state index contributed by atoms with van der Waals surface area (Å²) in [4.78, 5) is 25.1. The molecule has 1 aliphatic heterocycles. The molecule has 1 amide bonds. The largest absolute Gasteiger partial charge is 0.454 e. The summed E-state index contributed by atoms with van der Waals surface area (Å²) in [7, 11) is 0. The van der Waals surface area contributed by atoms with Crippen LogP contribution in [0.2, 0.25) is 0 Å². The van der Waals surface area contributed by atoms with Gasteiger partial charge in [0.05, 0.1) is 19.8 Å². The van der Waals surface area contributed by atoms with Gasteiger partial charge in [0.2, 0.25) is 0 Å². The number of alkyl halides is 3. The first-order valence-corrected chi connectivity index (χ1v) is 7.03. The Hall–Kier alpha value is -1.35. The summed E-state index contributed by atoms with van der Waals surface area (Å²) >= 11 is 0. The minimum Gasteiger partial charge on any atom is -0.454 e. The minimum absolute atomic E-state index is 0.380. The molecule has 1 unspecified atom stereocenters. The van der Waals surface area contributed by atoms with Gasteiger partial charge < -0.3 is 14.4 Å². The number of rotatable bonds is 6. The smallest absolute Gasteiger partial charge is 0.401 e. The second-order valence-corrected chi connectivity index (χ2v) is 5.32. The zero-order valence-electron chi connectivity index (χ0n) is 12.6. The van der Waals surface area contributed by atoms with Crippen LogP contribution in [0.1, 0.15) is 13.8 Å². The Bertz CT molecular complexity index is 382. The molecular weight excluding hydrogens is 305 g/mol. The van der Waals surface area contributed by atoms with Gasteiger partial charge in [-0.05, 0) is 5.92 Å². The van der Waals surface area contributed by atoms with E-state index in [1.54, 1.807) is 13.8 Å². The lowest BCUT2D eigenvalue weighted by Gasteiger charge is -2.27. The fourth-order valence-corrected chi connectivity index (χ4v) is 1.94. The second-order valence-electron chi connectivity index (χ2n) is 5.32. The van der Waals surface area contributed by atoms with Crippen LogP contribution in [-0.2, 0) is 19.1 Å². The normalized spacial score (nSPS) is 17.5. The van der Waals surface area contributed by atoms with Gasteiger partial charge in [0.15, 0.2) is 6.61 Å². The van der Waals surface area contributed by atoms with Crippen LogP contribution in [0.3, 0.4) is 0 Å². The first-order valence-electron chi connectivity index (χ1n) is 7.03. The van der Waals surface area contributed by atoms with E-state index in [9.17, 15) is 22.8 Å². The number of hydrogen-bond acceptors (Lipinski definition) is 5. The number of amides is 1. The summed E-state index contributed by atoms with van der Waals surface area (Å²) in [6.07, 6.45) is -4.42. The highest BCUT2D eigenvalue weighted by atomic mass is 19.4. The Kier molecular flexibility index (Phi) is 7.08. The van der Waals surface area contributed by atoms with E-state index >= 15 is 0 Å². The summed E-state index contributed by atoms with van der Waals surface area (Å²) in [5.41, 5.74) is 0. The molecule has 1 N–H and O–H groups in total. The number of morpholine rings is 1. The summed E-state index contributed by atoms with van der Waals surface area (Å²) in [6, 6.07) is -1.11. The monoisotopic (exact) mass is 326 g/mol. The molecule has 9 heteroatoms. The molecule has 0 aromatic heterocycles. The van der Waals surface area contributed by atoms with Gasteiger partial charge in [-0.2, -0.15) is 13.2 Å². The Morgan fingerprint density at radius 3 is 2.36 bits per heavy atom. The molecular formula is C13H21F3N2O4. The van der Waals surface area contributed by atoms with Gasteiger partial charge >= 0.3 is 12.1 Å². The Morgan fingerprint density at radius 2 is 1.86 bits per heavy atom. The average molecular weight is 326 g/mol. The zero-order valence-corrected chi connectivity index (χ0v) is 12.6. The topological polar surface area (TPSA) is 67.9 Å². The summed E-state index contributed by atoms with van der Waals surface area (Å²) in [6.45, 7) is 3.09. The van der Waals surface area contributed by atoms with Crippen molar-refractivity contribution in [3.63, 3.8) is 0 Å². The molecule has 1 aliphatic rings. The van der Waals surface area contributed by atoms with Crippen LogP contribution in [0, 0.1) is 5.92 Å². The average Bonchev–Trinajstić information content (AvgIpc) is 2.44. The van der Waals surface area contributed by atoms with Gasteiger partial charge in [-0.25, -0.2) is 0 Å². The van der Waals surface area contributed by atoms with Crippen molar-refractivity contribution in [3.8, 4) is 0 Å². The molecule has 1 atom stereocenters. The molecule has 128 valence electrons. The summed E-state index contributed by atoms with van der Waals surface area (Å²) < 4.78 is 46.6. The van der Waals surface area contributed by atoms with Gasteiger partial charge in [0, 0.05) is 13.1 Å². The van der Waals surface area contributed by atoms with Crippen molar-refractivity contribution in [1.29, 1.82) is 0 Å². The van der Waals surface area contributed by atoms with Gasteiger partial charge in [0.1, 0.15) is 6.04 Å². The van der Waals surface area contributed by atoms with Gasteiger partial charge in [-0.1, -0.05) is 13.8 Å². The van der Waals surface area contributed by atoms with Crippen LogP contribution in [0.25, 0.3) is 0 Å². The lowest BCUT2D eigenvalue weighted by atomic mass is 10.0. The van der Waals surface area contributed by atoms with Crippen LogP contribution in [0.5, 0.6) is 0 Å². The predicted molar refractivity (Wildman–Crippen MR) is 71.0 cm³/mol. The molecule has 0 spiro atoms. The van der Waals surface area contributed by atoms with E-state index in [4.69, 9.17) is 9.47 Å². The van der Waals surface area contributed by atoms with Crippen LogP contribution in [0.15, 0.2) is 0 Å². The number of nitrogens with one attached hydrogen (secondary N) is 1. The fourth-order valence-electron chi connectivity index (χ4n) is 1.94. The maximum Gasteiger partial charge on any atom is 0.401 e. The molecule has 0 saturated carbocycles. The van der Waals surface area contributed by atoms with Crippen molar-refractivity contribution in [1.82, 2.24) is 10.2 Å². The SMILES string of the molecule is CC(C)C(NCC(F)(F)F)C(=O)OCC(=O)N1CCOCC1. The maximum atomic E-state index is 12.2.